The number of ether oxygens (including phenoxy) is 1. The fraction of sp³-hybridized carbons (Fsp3) is 0.316. The molecule has 3 rings (SSSR count). The van der Waals surface area contributed by atoms with Crippen LogP contribution in [0.25, 0.3) is 0 Å². The van der Waals surface area contributed by atoms with Crippen LogP contribution in [0.2, 0.25) is 0 Å². The van der Waals surface area contributed by atoms with Gasteiger partial charge in [-0.25, -0.2) is 4.90 Å². The fourth-order valence-corrected chi connectivity index (χ4v) is 3.15. The molecule has 0 radical (unpaired) electrons. The van der Waals surface area contributed by atoms with Gasteiger partial charge in [0.2, 0.25) is 6.23 Å². The average Bonchev–Trinajstić information content (AvgIpc) is 2.53. The van der Waals surface area contributed by atoms with Crippen molar-refractivity contribution in [1.82, 2.24) is 0 Å². The highest BCUT2D eigenvalue weighted by atomic mass is 16.5. The van der Waals surface area contributed by atoms with Gasteiger partial charge in [0.05, 0.1) is 14.1 Å². The molecule has 2 aromatic carbocycles. The second kappa shape index (κ2) is 6.32. The Morgan fingerprint density at radius 3 is 2.09 bits per heavy atom. The van der Waals surface area contributed by atoms with Crippen LogP contribution in [0.15, 0.2) is 60.7 Å². The molecule has 0 bridgehead atoms. The van der Waals surface area contributed by atoms with Crippen molar-refractivity contribution in [3.05, 3.63) is 66.2 Å². The van der Waals surface area contributed by atoms with Crippen LogP contribution in [0.1, 0.15) is 18.4 Å². The van der Waals surface area contributed by atoms with Crippen molar-refractivity contribution in [1.29, 1.82) is 0 Å². The van der Waals surface area contributed by atoms with Gasteiger partial charge < -0.3 is 4.74 Å². The van der Waals surface area contributed by atoms with Crippen molar-refractivity contribution in [3.63, 3.8) is 0 Å². The molecule has 3 heteroatoms. The SMILES string of the molecule is CCO[C@@H]1[C@H](c2ccccc2)C(=[N+](C)C)N1c1ccccc1. The number of anilines is 1. The third kappa shape index (κ3) is 2.53. The molecular formula is C19H23N2O+. The number of para-hydroxylation sites is 1. The Kier molecular flexibility index (Phi) is 4.25. The lowest BCUT2D eigenvalue weighted by Gasteiger charge is -2.43. The van der Waals surface area contributed by atoms with Crippen LogP contribution in [0.4, 0.5) is 5.69 Å². The molecule has 2 atom stereocenters. The van der Waals surface area contributed by atoms with E-state index in [1.807, 2.05) is 6.07 Å². The summed E-state index contributed by atoms with van der Waals surface area (Å²) in [6.45, 7) is 2.76. The highest BCUT2D eigenvalue weighted by Gasteiger charge is 2.55. The molecule has 1 aliphatic heterocycles. The zero-order valence-corrected chi connectivity index (χ0v) is 13.4. The first-order valence-corrected chi connectivity index (χ1v) is 7.79. The lowest BCUT2D eigenvalue weighted by molar-refractivity contribution is -0.470. The summed E-state index contributed by atoms with van der Waals surface area (Å²) in [6, 6.07) is 21.1. The van der Waals surface area contributed by atoms with Crippen LogP contribution in [-0.4, -0.2) is 37.3 Å². The number of amidine groups is 1. The molecule has 114 valence electrons. The third-order valence-corrected chi connectivity index (χ3v) is 4.05. The van der Waals surface area contributed by atoms with E-state index in [4.69, 9.17) is 4.74 Å². The van der Waals surface area contributed by atoms with Crippen molar-refractivity contribution >= 4 is 11.5 Å². The Balaban J connectivity index is 2.02. The highest BCUT2D eigenvalue weighted by molar-refractivity contribution is 6.06. The number of benzene rings is 2. The monoisotopic (exact) mass is 295 g/mol. The molecule has 1 saturated heterocycles. The van der Waals surface area contributed by atoms with E-state index in [9.17, 15) is 0 Å². The summed E-state index contributed by atoms with van der Waals surface area (Å²) >= 11 is 0. The van der Waals surface area contributed by atoms with Gasteiger partial charge in [0.15, 0.2) is 5.92 Å². The van der Waals surface area contributed by atoms with Gasteiger partial charge >= 0.3 is 0 Å². The van der Waals surface area contributed by atoms with Crippen molar-refractivity contribution < 1.29 is 9.31 Å². The minimum Gasteiger partial charge on any atom is -0.339 e. The minimum atomic E-state index is 0.0483. The maximum absolute atomic E-state index is 6.07. The summed E-state index contributed by atoms with van der Waals surface area (Å²) in [6.07, 6.45) is 0.0483. The van der Waals surface area contributed by atoms with E-state index >= 15 is 0 Å². The first-order chi connectivity index (χ1) is 10.7. The molecule has 0 amide bonds. The molecule has 22 heavy (non-hydrogen) atoms. The van der Waals surface area contributed by atoms with Crippen molar-refractivity contribution in [2.45, 2.75) is 19.1 Å². The first-order valence-electron chi connectivity index (χ1n) is 7.79. The molecule has 2 aromatic rings. The Morgan fingerprint density at radius 2 is 1.55 bits per heavy atom. The van der Waals surface area contributed by atoms with Crippen LogP contribution in [0, 0.1) is 0 Å². The summed E-state index contributed by atoms with van der Waals surface area (Å²) in [5, 5.41) is 0. The Hall–Kier alpha value is -2.13. The predicted molar refractivity (Wildman–Crippen MR) is 90.6 cm³/mol. The zero-order valence-electron chi connectivity index (χ0n) is 13.4. The molecule has 0 saturated carbocycles. The van der Waals surface area contributed by atoms with Crippen molar-refractivity contribution in [3.8, 4) is 0 Å². The molecule has 0 N–H and O–H groups in total. The second-order valence-electron chi connectivity index (χ2n) is 5.69. The van der Waals surface area contributed by atoms with E-state index in [2.05, 4.69) is 85.1 Å². The second-order valence-corrected chi connectivity index (χ2v) is 5.69. The highest BCUT2D eigenvalue weighted by Crippen LogP contribution is 2.40. The fourth-order valence-electron chi connectivity index (χ4n) is 3.15. The summed E-state index contributed by atoms with van der Waals surface area (Å²) in [4.78, 5) is 2.29. The molecule has 1 aliphatic rings. The van der Waals surface area contributed by atoms with Gasteiger partial charge in [0.25, 0.3) is 5.84 Å². The number of hydrogen-bond donors (Lipinski definition) is 0. The standard InChI is InChI=1S/C19H23N2O/c1-4-22-19-17(15-11-7-5-8-12-15)18(20(2)3)21(19)16-13-9-6-10-14-16/h5-14,17,19H,4H2,1-3H3/q+1/t17-,19-/m1/s1. The molecule has 1 heterocycles. The maximum atomic E-state index is 6.07. The average molecular weight is 295 g/mol. The van der Waals surface area contributed by atoms with Gasteiger partial charge in [0, 0.05) is 6.61 Å². The van der Waals surface area contributed by atoms with E-state index in [1.54, 1.807) is 0 Å². The zero-order chi connectivity index (χ0) is 15.5. The summed E-state index contributed by atoms with van der Waals surface area (Å²) in [5.74, 6) is 1.55. The number of nitrogens with zero attached hydrogens (tertiary/aromatic N) is 2. The van der Waals surface area contributed by atoms with Crippen LogP contribution < -0.4 is 4.90 Å². The Bertz CT molecular complexity index is 598. The lowest BCUT2D eigenvalue weighted by atomic mass is 9.86. The van der Waals surface area contributed by atoms with Crippen LogP contribution >= 0.6 is 0 Å². The van der Waals surface area contributed by atoms with Gasteiger partial charge in [-0.2, -0.15) is 0 Å². The molecule has 0 spiro atoms. The first kappa shape index (κ1) is 14.8. The predicted octanol–water partition coefficient (Wildman–Crippen LogP) is 3.32. The molecule has 0 unspecified atom stereocenters. The van der Waals surface area contributed by atoms with Gasteiger partial charge in [-0.1, -0.05) is 48.5 Å². The summed E-state index contributed by atoms with van der Waals surface area (Å²) in [5.41, 5.74) is 2.48. The van der Waals surface area contributed by atoms with E-state index in [-0.39, 0.29) is 12.1 Å². The normalized spacial score (nSPS) is 20.7. The van der Waals surface area contributed by atoms with E-state index in [1.165, 1.54) is 17.1 Å². The quantitative estimate of drug-likeness (QED) is 0.804. The smallest absolute Gasteiger partial charge is 0.268 e. The molecular weight excluding hydrogens is 272 g/mol. The Labute approximate surface area is 132 Å². The molecule has 0 aromatic heterocycles. The molecule has 0 aliphatic carbocycles. The lowest BCUT2D eigenvalue weighted by Crippen LogP contribution is -2.63. The van der Waals surface area contributed by atoms with Crippen LogP contribution in [0.5, 0.6) is 0 Å². The summed E-state index contributed by atoms with van der Waals surface area (Å²) in [7, 11) is 4.20. The Morgan fingerprint density at radius 1 is 0.955 bits per heavy atom. The van der Waals surface area contributed by atoms with Crippen LogP contribution in [-0.2, 0) is 4.74 Å². The number of hydrogen-bond acceptors (Lipinski definition) is 1. The van der Waals surface area contributed by atoms with Gasteiger partial charge in [-0.05, 0) is 24.6 Å². The van der Waals surface area contributed by atoms with Gasteiger partial charge in [-0.3, -0.25) is 4.58 Å². The van der Waals surface area contributed by atoms with Gasteiger partial charge in [0.1, 0.15) is 5.69 Å². The minimum absolute atomic E-state index is 0.0483. The summed E-state index contributed by atoms with van der Waals surface area (Å²) < 4.78 is 8.27. The van der Waals surface area contributed by atoms with E-state index in [0.29, 0.717) is 6.61 Å². The van der Waals surface area contributed by atoms with Crippen molar-refractivity contribution in [2.75, 3.05) is 25.6 Å². The van der Waals surface area contributed by atoms with Crippen LogP contribution in [0.3, 0.4) is 0 Å². The van der Waals surface area contributed by atoms with Gasteiger partial charge in [-0.15, -0.1) is 0 Å². The maximum Gasteiger partial charge on any atom is 0.268 e. The number of rotatable bonds is 4. The third-order valence-electron chi connectivity index (χ3n) is 4.05. The van der Waals surface area contributed by atoms with E-state index < -0.39 is 0 Å². The topological polar surface area (TPSA) is 15.5 Å². The van der Waals surface area contributed by atoms with E-state index in [0.717, 1.165) is 0 Å². The largest absolute Gasteiger partial charge is 0.339 e. The molecule has 1 fully saturated rings. The van der Waals surface area contributed by atoms with Crippen molar-refractivity contribution in [2.24, 2.45) is 0 Å². The molecule has 3 nitrogen and oxygen atoms in total.